The average molecular weight is 171 g/mol. The van der Waals surface area contributed by atoms with Crippen LogP contribution >= 0.6 is 0 Å². The van der Waals surface area contributed by atoms with E-state index in [1.54, 1.807) is 0 Å². The molecule has 0 aromatic rings. The fourth-order valence-electron chi connectivity index (χ4n) is 1.50. The van der Waals surface area contributed by atoms with Crippen LogP contribution in [0.4, 0.5) is 0 Å². The predicted octanol–water partition coefficient (Wildman–Crippen LogP) is 3.19. The molecule has 0 unspecified atom stereocenters. The van der Waals surface area contributed by atoms with Gasteiger partial charge in [0.15, 0.2) is 0 Å². The van der Waals surface area contributed by atoms with E-state index in [0.717, 1.165) is 12.8 Å². The highest BCUT2D eigenvalue weighted by Crippen LogP contribution is 2.36. The average Bonchev–Trinajstić information content (AvgIpc) is 2.03. The molecule has 0 aliphatic heterocycles. The molecule has 0 atom stereocenters. The first-order valence-corrected chi connectivity index (χ1v) is 5.03. The molecule has 0 aromatic carbocycles. The summed E-state index contributed by atoms with van der Waals surface area (Å²) >= 11 is 0. The van der Waals surface area contributed by atoms with Crippen molar-refractivity contribution in [1.82, 2.24) is 0 Å². The largest absolute Gasteiger partial charge is 0.327 e. The molecule has 0 aliphatic carbocycles. The fraction of sp³-hybridized carbons (Fsp3) is 1.00. The number of hydrogen-bond donors (Lipinski definition) is 1. The summed E-state index contributed by atoms with van der Waals surface area (Å²) in [6.45, 7) is 13.5. The second-order valence-electron chi connectivity index (χ2n) is 5.16. The highest BCUT2D eigenvalue weighted by Gasteiger charge is 2.35. The van der Waals surface area contributed by atoms with Crippen LogP contribution in [0.3, 0.4) is 0 Å². The van der Waals surface area contributed by atoms with E-state index >= 15 is 0 Å². The molecule has 0 bridgehead atoms. The lowest BCUT2D eigenvalue weighted by molar-refractivity contribution is 0.136. The zero-order valence-corrected chi connectivity index (χ0v) is 9.57. The summed E-state index contributed by atoms with van der Waals surface area (Å²) < 4.78 is 0. The first-order valence-electron chi connectivity index (χ1n) is 5.03. The third-order valence-corrected chi connectivity index (χ3v) is 3.51. The van der Waals surface area contributed by atoms with Gasteiger partial charge < -0.3 is 5.73 Å². The molecule has 0 fully saturated rings. The maximum Gasteiger partial charge on any atom is 0.0142 e. The van der Waals surface area contributed by atoms with Crippen LogP contribution in [0.5, 0.6) is 0 Å². The monoisotopic (exact) mass is 171 g/mol. The first-order chi connectivity index (χ1) is 5.28. The lowest BCUT2D eigenvalue weighted by Crippen LogP contribution is -2.47. The summed E-state index contributed by atoms with van der Waals surface area (Å²) in [5.41, 5.74) is 6.78. The molecular formula is C11H25N. The summed E-state index contributed by atoms with van der Waals surface area (Å²) in [7, 11) is 0. The normalized spacial score (nSPS) is 14.0. The maximum atomic E-state index is 6.25. The van der Waals surface area contributed by atoms with Gasteiger partial charge in [-0.2, -0.15) is 0 Å². The van der Waals surface area contributed by atoms with Gasteiger partial charge in [-0.3, -0.25) is 0 Å². The van der Waals surface area contributed by atoms with Crippen molar-refractivity contribution in [2.45, 2.75) is 60.4 Å². The Morgan fingerprint density at radius 2 is 1.17 bits per heavy atom. The highest BCUT2D eigenvalue weighted by molar-refractivity contribution is 4.90. The van der Waals surface area contributed by atoms with Crippen molar-refractivity contribution < 1.29 is 0 Å². The molecule has 0 saturated heterocycles. The summed E-state index contributed by atoms with van der Waals surface area (Å²) in [5.74, 6) is 0. The number of nitrogens with two attached hydrogens (primary N) is 1. The Bertz CT molecular complexity index is 120. The molecule has 0 aliphatic rings. The minimum absolute atomic E-state index is 0.263. The van der Waals surface area contributed by atoms with E-state index in [2.05, 4.69) is 41.5 Å². The molecule has 0 amide bonds. The van der Waals surface area contributed by atoms with E-state index in [0.29, 0.717) is 6.04 Å². The van der Waals surface area contributed by atoms with Gasteiger partial charge in [-0.25, -0.2) is 0 Å². The Morgan fingerprint density at radius 3 is 1.33 bits per heavy atom. The zero-order chi connectivity index (χ0) is 9.99. The van der Waals surface area contributed by atoms with Gasteiger partial charge in [-0.15, -0.1) is 0 Å². The molecule has 2 N–H and O–H groups in total. The van der Waals surface area contributed by atoms with Crippen molar-refractivity contribution in [3.05, 3.63) is 0 Å². The fourth-order valence-corrected chi connectivity index (χ4v) is 1.50. The molecule has 74 valence electrons. The Kier molecular flexibility index (Phi) is 3.77. The van der Waals surface area contributed by atoms with E-state index in [1.165, 1.54) is 0 Å². The first kappa shape index (κ1) is 12.0. The Balaban J connectivity index is 4.47. The SMILES string of the molecule is CCC(C)(C)C(N)C(C)(C)CC. The molecule has 0 aromatic heterocycles. The Hall–Kier alpha value is -0.0400. The van der Waals surface area contributed by atoms with Crippen molar-refractivity contribution in [2.24, 2.45) is 16.6 Å². The van der Waals surface area contributed by atoms with E-state index in [9.17, 15) is 0 Å². The summed E-state index contributed by atoms with van der Waals surface area (Å²) in [6.07, 6.45) is 2.30. The van der Waals surface area contributed by atoms with Crippen molar-refractivity contribution >= 4 is 0 Å². The summed E-state index contributed by atoms with van der Waals surface area (Å²) in [6, 6.07) is 0.292. The van der Waals surface area contributed by atoms with Crippen molar-refractivity contribution in [1.29, 1.82) is 0 Å². The molecule has 0 radical (unpaired) electrons. The van der Waals surface area contributed by atoms with Crippen molar-refractivity contribution in [2.75, 3.05) is 0 Å². The van der Waals surface area contributed by atoms with E-state index in [-0.39, 0.29) is 10.8 Å². The van der Waals surface area contributed by atoms with E-state index in [1.807, 2.05) is 0 Å². The molecule has 12 heavy (non-hydrogen) atoms. The van der Waals surface area contributed by atoms with Gasteiger partial charge in [-0.1, -0.05) is 41.5 Å². The molecular weight excluding hydrogens is 146 g/mol. The second-order valence-corrected chi connectivity index (χ2v) is 5.16. The van der Waals surface area contributed by atoms with Crippen molar-refractivity contribution in [3.8, 4) is 0 Å². The quantitative estimate of drug-likeness (QED) is 0.690. The van der Waals surface area contributed by atoms with Gasteiger partial charge in [0.2, 0.25) is 0 Å². The predicted molar refractivity (Wildman–Crippen MR) is 56.1 cm³/mol. The number of rotatable bonds is 4. The van der Waals surface area contributed by atoms with Gasteiger partial charge in [0.1, 0.15) is 0 Å². The summed E-state index contributed by atoms with van der Waals surface area (Å²) in [5, 5.41) is 0. The lowest BCUT2D eigenvalue weighted by Gasteiger charge is -2.41. The minimum atomic E-state index is 0.263. The Labute approximate surface area is 77.7 Å². The van der Waals surface area contributed by atoms with Crippen LogP contribution in [-0.2, 0) is 0 Å². The van der Waals surface area contributed by atoms with E-state index in [4.69, 9.17) is 5.73 Å². The van der Waals surface area contributed by atoms with Gasteiger partial charge in [0.05, 0.1) is 0 Å². The van der Waals surface area contributed by atoms with Crippen LogP contribution in [0.1, 0.15) is 54.4 Å². The standard InChI is InChI=1S/C11H25N/c1-7-10(3,4)9(12)11(5,6)8-2/h9H,7-8,12H2,1-6H3. The summed E-state index contributed by atoms with van der Waals surface area (Å²) in [4.78, 5) is 0. The molecule has 0 rings (SSSR count). The van der Waals surface area contributed by atoms with E-state index < -0.39 is 0 Å². The van der Waals surface area contributed by atoms with Crippen LogP contribution in [0.15, 0.2) is 0 Å². The molecule has 0 spiro atoms. The van der Waals surface area contributed by atoms with Gasteiger partial charge in [0.25, 0.3) is 0 Å². The second kappa shape index (κ2) is 3.78. The minimum Gasteiger partial charge on any atom is -0.327 e. The topological polar surface area (TPSA) is 26.0 Å². The molecule has 0 heterocycles. The Morgan fingerprint density at radius 1 is 0.917 bits per heavy atom. The third kappa shape index (κ3) is 2.48. The maximum absolute atomic E-state index is 6.25. The smallest absolute Gasteiger partial charge is 0.0142 e. The molecule has 0 saturated carbocycles. The van der Waals surface area contributed by atoms with Gasteiger partial charge >= 0.3 is 0 Å². The lowest BCUT2D eigenvalue weighted by atomic mass is 9.68. The van der Waals surface area contributed by atoms with Crippen LogP contribution in [0.25, 0.3) is 0 Å². The highest BCUT2D eigenvalue weighted by atomic mass is 14.7. The van der Waals surface area contributed by atoms with Crippen LogP contribution < -0.4 is 5.73 Å². The molecule has 1 nitrogen and oxygen atoms in total. The zero-order valence-electron chi connectivity index (χ0n) is 9.57. The molecule has 1 heteroatoms. The van der Waals surface area contributed by atoms with Gasteiger partial charge in [0, 0.05) is 6.04 Å². The number of hydrogen-bond acceptors (Lipinski definition) is 1. The third-order valence-electron chi connectivity index (χ3n) is 3.51. The van der Waals surface area contributed by atoms with Crippen LogP contribution in [0, 0.1) is 10.8 Å². The van der Waals surface area contributed by atoms with Crippen LogP contribution in [-0.4, -0.2) is 6.04 Å². The van der Waals surface area contributed by atoms with Gasteiger partial charge in [-0.05, 0) is 23.7 Å². The van der Waals surface area contributed by atoms with Crippen LogP contribution in [0.2, 0.25) is 0 Å². The van der Waals surface area contributed by atoms with Crippen molar-refractivity contribution in [3.63, 3.8) is 0 Å².